The van der Waals surface area contributed by atoms with Crippen LogP contribution < -0.4 is 16.4 Å². The van der Waals surface area contributed by atoms with E-state index in [0.717, 1.165) is 10.9 Å². The number of halogens is 1. The van der Waals surface area contributed by atoms with Crippen LogP contribution in [0.5, 0.6) is 0 Å². The summed E-state index contributed by atoms with van der Waals surface area (Å²) in [6.07, 6.45) is 3.49. The molecular weight excluding hydrogens is 464 g/mol. The maximum atomic E-state index is 12.7. The number of fused-ring (bicyclic) bond motifs is 1. The Morgan fingerprint density at radius 2 is 1.83 bits per heavy atom. The minimum atomic E-state index is -0.493. The molecule has 0 spiro atoms. The number of hydrogen-bond acceptors (Lipinski definition) is 6. The number of anilines is 3. The molecule has 5 aromatic rings. The summed E-state index contributed by atoms with van der Waals surface area (Å²) in [6, 6.07) is 16.2. The number of rotatable bonds is 4. The van der Waals surface area contributed by atoms with Crippen molar-refractivity contribution in [1.29, 1.82) is 0 Å². The first kappa shape index (κ1) is 22.3. The van der Waals surface area contributed by atoms with E-state index < -0.39 is 6.03 Å². The highest BCUT2D eigenvalue weighted by molar-refractivity contribution is 6.35. The molecule has 0 bridgehead atoms. The van der Waals surface area contributed by atoms with Crippen LogP contribution in [0.2, 0.25) is 5.02 Å². The molecule has 35 heavy (non-hydrogen) atoms. The number of benzene rings is 2. The SMILES string of the molecule is Cc1ccc(NC(=O)Nc2nc(-c3cc(Cl)c4ncccc4c3)c(-c3ccn(C)n3)nc2N)cc1. The number of carbonyl (C=O) groups is 1. The number of carbonyl (C=O) groups excluding carboxylic acids is 1. The van der Waals surface area contributed by atoms with Crippen molar-refractivity contribution in [3.05, 3.63) is 77.6 Å². The Balaban J connectivity index is 1.58. The van der Waals surface area contributed by atoms with Crippen LogP contribution in [-0.4, -0.2) is 30.8 Å². The number of urea groups is 1. The Morgan fingerprint density at radius 1 is 1.03 bits per heavy atom. The molecule has 4 N–H and O–H groups in total. The van der Waals surface area contributed by atoms with E-state index in [0.29, 0.717) is 38.9 Å². The van der Waals surface area contributed by atoms with Crippen LogP contribution in [-0.2, 0) is 7.05 Å². The van der Waals surface area contributed by atoms with E-state index in [1.807, 2.05) is 62.5 Å². The molecule has 3 aromatic heterocycles. The van der Waals surface area contributed by atoms with Crippen molar-refractivity contribution < 1.29 is 4.79 Å². The van der Waals surface area contributed by atoms with Crippen LogP contribution >= 0.6 is 11.6 Å². The van der Waals surface area contributed by atoms with E-state index >= 15 is 0 Å². The Bertz CT molecular complexity index is 1560. The molecule has 0 saturated heterocycles. The third-order valence-electron chi connectivity index (χ3n) is 5.35. The second kappa shape index (κ2) is 9.03. The summed E-state index contributed by atoms with van der Waals surface area (Å²) in [5, 5.41) is 11.2. The van der Waals surface area contributed by atoms with Gasteiger partial charge in [0.15, 0.2) is 11.6 Å². The first-order valence-electron chi connectivity index (χ1n) is 10.7. The normalized spacial score (nSPS) is 10.9. The van der Waals surface area contributed by atoms with E-state index in [9.17, 15) is 4.79 Å². The zero-order valence-corrected chi connectivity index (χ0v) is 19.7. The minimum Gasteiger partial charge on any atom is -0.381 e. The van der Waals surface area contributed by atoms with Gasteiger partial charge >= 0.3 is 6.03 Å². The molecule has 0 atom stereocenters. The molecule has 0 aliphatic rings. The molecular formula is C25H21ClN8O. The summed E-state index contributed by atoms with van der Waals surface area (Å²) in [5.41, 5.74) is 10.8. The molecule has 0 fully saturated rings. The summed E-state index contributed by atoms with van der Waals surface area (Å²) < 4.78 is 1.66. The number of nitrogens with zero attached hydrogens (tertiary/aromatic N) is 5. The average Bonchev–Trinajstić information content (AvgIpc) is 3.27. The van der Waals surface area contributed by atoms with Gasteiger partial charge in [0.05, 0.1) is 10.5 Å². The molecule has 10 heteroatoms. The molecule has 174 valence electrons. The number of nitrogen functional groups attached to an aromatic ring is 1. The van der Waals surface area contributed by atoms with Crippen molar-refractivity contribution in [2.45, 2.75) is 6.92 Å². The van der Waals surface area contributed by atoms with E-state index in [2.05, 4.69) is 30.7 Å². The summed E-state index contributed by atoms with van der Waals surface area (Å²) >= 11 is 6.54. The zero-order valence-electron chi connectivity index (χ0n) is 19.0. The molecule has 3 heterocycles. The van der Waals surface area contributed by atoms with Gasteiger partial charge in [0, 0.05) is 36.1 Å². The predicted octanol–water partition coefficient (Wildman–Crippen LogP) is 5.28. The molecule has 9 nitrogen and oxygen atoms in total. The van der Waals surface area contributed by atoms with Crippen LogP contribution in [0.15, 0.2) is 67.0 Å². The predicted molar refractivity (Wildman–Crippen MR) is 138 cm³/mol. The minimum absolute atomic E-state index is 0.0574. The smallest absolute Gasteiger partial charge is 0.324 e. The van der Waals surface area contributed by atoms with Gasteiger partial charge in [0.2, 0.25) is 0 Å². The number of nitrogens with one attached hydrogen (secondary N) is 2. The van der Waals surface area contributed by atoms with Gasteiger partial charge in [0.25, 0.3) is 0 Å². The van der Waals surface area contributed by atoms with Crippen LogP contribution in [0, 0.1) is 6.92 Å². The van der Waals surface area contributed by atoms with E-state index in [1.54, 1.807) is 23.1 Å². The lowest BCUT2D eigenvalue weighted by molar-refractivity contribution is 0.262. The van der Waals surface area contributed by atoms with Gasteiger partial charge in [-0.1, -0.05) is 35.4 Å². The molecule has 5 rings (SSSR count). The quantitative estimate of drug-likeness (QED) is 0.319. The number of pyridine rings is 1. The number of aryl methyl sites for hydroxylation is 2. The zero-order chi connectivity index (χ0) is 24.5. The van der Waals surface area contributed by atoms with Crippen molar-refractivity contribution in [1.82, 2.24) is 24.7 Å². The van der Waals surface area contributed by atoms with Crippen LogP contribution in [0.25, 0.3) is 33.5 Å². The van der Waals surface area contributed by atoms with Gasteiger partial charge in [-0.25, -0.2) is 14.8 Å². The highest BCUT2D eigenvalue weighted by atomic mass is 35.5. The second-order valence-electron chi connectivity index (χ2n) is 8.01. The maximum Gasteiger partial charge on any atom is 0.324 e. The van der Waals surface area contributed by atoms with Crippen LogP contribution in [0.4, 0.5) is 22.1 Å². The van der Waals surface area contributed by atoms with E-state index in [-0.39, 0.29) is 11.6 Å². The third-order valence-corrected chi connectivity index (χ3v) is 5.64. The summed E-state index contributed by atoms with van der Waals surface area (Å²) in [7, 11) is 1.81. The lowest BCUT2D eigenvalue weighted by Gasteiger charge is -2.14. The Morgan fingerprint density at radius 3 is 2.57 bits per heavy atom. The van der Waals surface area contributed by atoms with Gasteiger partial charge in [-0.05, 0) is 43.3 Å². The summed E-state index contributed by atoms with van der Waals surface area (Å²) in [6.45, 7) is 1.97. The van der Waals surface area contributed by atoms with Crippen molar-refractivity contribution in [3.63, 3.8) is 0 Å². The van der Waals surface area contributed by atoms with Crippen LogP contribution in [0.1, 0.15) is 5.56 Å². The van der Waals surface area contributed by atoms with E-state index in [1.165, 1.54) is 0 Å². The number of aromatic nitrogens is 5. The van der Waals surface area contributed by atoms with Crippen molar-refractivity contribution in [2.24, 2.45) is 7.05 Å². The topological polar surface area (TPSA) is 124 Å². The Hall–Kier alpha value is -4.50. The van der Waals surface area contributed by atoms with Gasteiger partial charge in [-0.2, -0.15) is 5.10 Å². The molecule has 0 aliphatic heterocycles. The Kier molecular flexibility index (Phi) is 5.76. The third kappa shape index (κ3) is 4.62. The molecule has 0 saturated carbocycles. The molecule has 2 aromatic carbocycles. The van der Waals surface area contributed by atoms with E-state index in [4.69, 9.17) is 17.3 Å². The van der Waals surface area contributed by atoms with Crippen molar-refractivity contribution >= 4 is 45.9 Å². The number of amides is 2. The summed E-state index contributed by atoms with van der Waals surface area (Å²) in [5.74, 6) is 0.175. The maximum absolute atomic E-state index is 12.7. The fourth-order valence-electron chi connectivity index (χ4n) is 3.65. The largest absolute Gasteiger partial charge is 0.381 e. The van der Waals surface area contributed by atoms with Gasteiger partial charge in [-0.3, -0.25) is 15.0 Å². The van der Waals surface area contributed by atoms with Crippen molar-refractivity contribution in [2.75, 3.05) is 16.4 Å². The molecule has 0 unspecified atom stereocenters. The highest BCUT2D eigenvalue weighted by Gasteiger charge is 2.20. The summed E-state index contributed by atoms with van der Waals surface area (Å²) in [4.78, 5) is 26.2. The van der Waals surface area contributed by atoms with Crippen LogP contribution in [0.3, 0.4) is 0 Å². The van der Waals surface area contributed by atoms with Gasteiger partial charge in [-0.15, -0.1) is 0 Å². The standard InChI is InChI=1S/C25H21ClN8O/c1-14-5-7-17(8-6-14)29-25(35)32-24-23(27)30-22(19-9-11-34(2)33-19)21(31-24)16-12-15-4-3-10-28-20(15)18(26)13-16/h3-13H,1-2H3,(H2,27,30)(H2,29,31,32,35). The average molecular weight is 485 g/mol. The Labute approximate surface area is 206 Å². The van der Waals surface area contributed by atoms with Crippen molar-refractivity contribution in [3.8, 4) is 22.6 Å². The van der Waals surface area contributed by atoms with Gasteiger partial charge in [0.1, 0.15) is 17.1 Å². The second-order valence-corrected chi connectivity index (χ2v) is 8.41. The molecule has 0 radical (unpaired) electrons. The first-order chi connectivity index (χ1) is 16.9. The fourth-order valence-corrected chi connectivity index (χ4v) is 3.93. The lowest BCUT2D eigenvalue weighted by Crippen LogP contribution is -2.21. The number of nitrogens with two attached hydrogens (primary N) is 1. The molecule has 2 amide bonds. The first-order valence-corrected chi connectivity index (χ1v) is 11.1. The lowest BCUT2D eigenvalue weighted by atomic mass is 10.0. The highest BCUT2D eigenvalue weighted by Crippen LogP contribution is 2.35. The number of hydrogen-bond donors (Lipinski definition) is 3. The fraction of sp³-hybridized carbons (Fsp3) is 0.0800. The van der Waals surface area contributed by atoms with Gasteiger partial charge < -0.3 is 11.1 Å². The molecule has 0 aliphatic carbocycles. The monoisotopic (exact) mass is 484 g/mol.